The number of hydrogen-bond donors (Lipinski definition) is 1. The molecule has 1 aromatic carbocycles. The number of aryl methyl sites for hydroxylation is 1. The largest absolute Gasteiger partial charge is 0.284 e. The van der Waals surface area contributed by atoms with Gasteiger partial charge >= 0.3 is 0 Å². The average Bonchev–Trinajstić information content (AvgIpc) is 3.25. The van der Waals surface area contributed by atoms with Crippen molar-refractivity contribution in [2.24, 2.45) is 5.10 Å². The van der Waals surface area contributed by atoms with Crippen molar-refractivity contribution in [2.75, 3.05) is 18.1 Å². The van der Waals surface area contributed by atoms with Crippen LogP contribution in [0.3, 0.4) is 0 Å². The minimum atomic E-state index is -0.145. The van der Waals surface area contributed by atoms with E-state index in [9.17, 15) is 4.79 Å². The van der Waals surface area contributed by atoms with Crippen molar-refractivity contribution in [3.8, 4) is 0 Å². The minimum absolute atomic E-state index is 0.108. The Morgan fingerprint density at radius 1 is 1.24 bits per heavy atom. The van der Waals surface area contributed by atoms with Gasteiger partial charge in [0.15, 0.2) is 0 Å². The molecular formula is C20H21BrCl2N4OS. The summed E-state index contributed by atoms with van der Waals surface area (Å²) in [7, 11) is 0. The number of nitrogens with zero attached hydrogens (tertiary/aromatic N) is 3. The fraction of sp³-hybridized carbons (Fsp3) is 0.400. The monoisotopic (exact) mass is 514 g/mol. The molecule has 1 unspecified atom stereocenters. The van der Waals surface area contributed by atoms with Crippen LogP contribution in [0.4, 0.5) is 5.69 Å². The van der Waals surface area contributed by atoms with E-state index in [1.165, 1.54) is 11.3 Å². The van der Waals surface area contributed by atoms with Gasteiger partial charge < -0.3 is 0 Å². The van der Waals surface area contributed by atoms with Crippen LogP contribution in [0.25, 0.3) is 0 Å². The first kappa shape index (κ1) is 21.1. The highest BCUT2D eigenvalue weighted by molar-refractivity contribution is 9.10. The molecular weight excluding hydrogens is 495 g/mol. The van der Waals surface area contributed by atoms with Crippen LogP contribution in [-0.4, -0.2) is 29.7 Å². The Morgan fingerprint density at radius 3 is 2.66 bits per heavy atom. The third-order valence-corrected chi connectivity index (χ3v) is 7.69. The second kappa shape index (κ2) is 8.94. The van der Waals surface area contributed by atoms with Gasteiger partial charge in [-0.15, -0.1) is 11.3 Å². The van der Waals surface area contributed by atoms with Crippen LogP contribution in [0.2, 0.25) is 10.0 Å². The first-order chi connectivity index (χ1) is 13.9. The predicted molar refractivity (Wildman–Crippen MR) is 124 cm³/mol. The van der Waals surface area contributed by atoms with E-state index in [1.807, 2.05) is 16.1 Å². The number of carbonyl (C=O) groups excluding carboxylic acids is 1. The lowest BCUT2D eigenvalue weighted by Gasteiger charge is -2.26. The molecule has 0 spiro atoms. The summed E-state index contributed by atoms with van der Waals surface area (Å²) in [6.45, 7) is 3.83. The second-order valence-corrected chi connectivity index (χ2v) is 10.3. The predicted octanol–water partition coefficient (Wildman–Crippen LogP) is 5.95. The van der Waals surface area contributed by atoms with Crippen LogP contribution in [0.1, 0.15) is 41.5 Å². The SMILES string of the molecule is Cc1cc(Br)c(C2CC(C(=O)NN3CCCCC3)=NN2c2ccc(Cl)cc2Cl)s1. The molecule has 0 aliphatic carbocycles. The number of hydrazine groups is 1. The highest BCUT2D eigenvalue weighted by Gasteiger charge is 2.36. The lowest BCUT2D eigenvalue weighted by molar-refractivity contribution is -0.119. The van der Waals surface area contributed by atoms with E-state index in [4.69, 9.17) is 28.3 Å². The van der Waals surface area contributed by atoms with Crippen molar-refractivity contribution in [1.82, 2.24) is 10.4 Å². The van der Waals surface area contributed by atoms with E-state index >= 15 is 0 Å². The Kier molecular flexibility index (Phi) is 6.51. The van der Waals surface area contributed by atoms with Crippen LogP contribution in [0.5, 0.6) is 0 Å². The van der Waals surface area contributed by atoms with Gasteiger partial charge in [-0.25, -0.2) is 5.01 Å². The Hall–Kier alpha value is -1.12. The molecule has 0 bridgehead atoms. The Morgan fingerprint density at radius 2 is 2.00 bits per heavy atom. The Labute approximate surface area is 192 Å². The number of amides is 1. The van der Waals surface area contributed by atoms with Crippen molar-refractivity contribution in [3.63, 3.8) is 0 Å². The third-order valence-electron chi connectivity index (χ3n) is 5.08. The summed E-state index contributed by atoms with van der Waals surface area (Å²) in [6.07, 6.45) is 3.92. The molecule has 4 rings (SSSR count). The lowest BCUT2D eigenvalue weighted by Crippen LogP contribution is -2.47. The van der Waals surface area contributed by atoms with E-state index < -0.39 is 0 Å². The van der Waals surface area contributed by atoms with Crippen molar-refractivity contribution >= 4 is 67.8 Å². The van der Waals surface area contributed by atoms with E-state index in [-0.39, 0.29) is 11.9 Å². The molecule has 0 radical (unpaired) electrons. The number of benzene rings is 1. The smallest absolute Gasteiger partial charge is 0.281 e. The standard InChI is InChI=1S/C20H21BrCl2N4OS/c1-12-9-14(21)19(29-12)18-11-16(20(28)25-26-7-3-2-4-8-26)24-27(18)17-6-5-13(22)10-15(17)23/h5-6,9-10,18H,2-4,7-8,11H2,1H3,(H,25,28). The van der Waals surface area contributed by atoms with Gasteiger partial charge in [-0.05, 0) is 60.0 Å². The number of halogens is 3. The molecule has 1 saturated heterocycles. The molecule has 154 valence electrons. The van der Waals surface area contributed by atoms with Crippen molar-refractivity contribution in [1.29, 1.82) is 0 Å². The van der Waals surface area contributed by atoms with Gasteiger partial charge in [0.25, 0.3) is 5.91 Å². The lowest BCUT2D eigenvalue weighted by atomic mass is 10.1. The van der Waals surface area contributed by atoms with Crippen LogP contribution in [0, 0.1) is 6.92 Å². The molecule has 2 aliphatic rings. The molecule has 2 aromatic rings. The van der Waals surface area contributed by atoms with Gasteiger partial charge in [0.2, 0.25) is 0 Å². The van der Waals surface area contributed by atoms with E-state index in [0.717, 1.165) is 41.0 Å². The highest BCUT2D eigenvalue weighted by Crippen LogP contribution is 2.44. The average molecular weight is 516 g/mol. The number of hydrazone groups is 1. The fourth-order valence-corrected chi connectivity index (χ4v) is 6.18. The third kappa shape index (κ3) is 4.64. The van der Waals surface area contributed by atoms with E-state index in [2.05, 4.69) is 34.3 Å². The maximum atomic E-state index is 12.9. The fourth-order valence-electron chi connectivity index (χ4n) is 3.68. The van der Waals surface area contributed by atoms with Crippen LogP contribution in [-0.2, 0) is 4.79 Å². The summed E-state index contributed by atoms with van der Waals surface area (Å²) in [5.41, 5.74) is 4.26. The van der Waals surface area contributed by atoms with Crippen LogP contribution in [0.15, 0.2) is 33.8 Å². The van der Waals surface area contributed by atoms with Gasteiger partial charge in [-0.3, -0.25) is 15.2 Å². The highest BCUT2D eigenvalue weighted by atomic mass is 79.9. The van der Waals surface area contributed by atoms with Gasteiger partial charge in [0, 0.05) is 38.8 Å². The zero-order valence-electron chi connectivity index (χ0n) is 15.9. The molecule has 2 aliphatic heterocycles. The van der Waals surface area contributed by atoms with Crippen molar-refractivity contribution < 1.29 is 4.79 Å². The molecule has 1 atom stereocenters. The number of nitrogens with one attached hydrogen (secondary N) is 1. The molecule has 1 fully saturated rings. The zero-order chi connectivity index (χ0) is 20.5. The summed E-state index contributed by atoms with van der Waals surface area (Å²) in [4.78, 5) is 15.2. The van der Waals surface area contributed by atoms with E-state index in [1.54, 1.807) is 23.5 Å². The van der Waals surface area contributed by atoms with Crippen LogP contribution >= 0.6 is 50.5 Å². The minimum Gasteiger partial charge on any atom is -0.284 e. The van der Waals surface area contributed by atoms with Crippen LogP contribution < -0.4 is 10.4 Å². The number of carbonyl (C=O) groups is 1. The number of anilines is 1. The number of piperidine rings is 1. The van der Waals surface area contributed by atoms with E-state index in [0.29, 0.717) is 22.2 Å². The molecule has 1 amide bonds. The number of thiophene rings is 1. The van der Waals surface area contributed by atoms with Crippen molar-refractivity contribution in [3.05, 3.63) is 48.5 Å². The summed E-state index contributed by atoms with van der Waals surface area (Å²) < 4.78 is 1.02. The van der Waals surface area contributed by atoms with Gasteiger partial charge in [-0.1, -0.05) is 29.6 Å². The first-order valence-electron chi connectivity index (χ1n) is 9.56. The van der Waals surface area contributed by atoms with Crippen molar-refractivity contribution in [2.45, 2.75) is 38.6 Å². The molecule has 3 heterocycles. The maximum absolute atomic E-state index is 12.9. The van der Waals surface area contributed by atoms with Gasteiger partial charge in [0.1, 0.15) is 5.71 Å². The second-order valence-electron chi connectivity index (χ2n) is 7.26. The number of hydrogen-bond acceptors (Lipinski definition) is 5. The Bertz CT molecular complexity index is 958. The normalized spacial score (nSPS) is 20.1. The molecule has 29 heavy (non-hydrogen) atoms. The zero-order valence-corrected chi connectivity index (χ0v) is 19.8. The molecule has 0 saturated carbocycles. The summed E-state index contributed by atoms with van der Waals surface area (Å²) >= 11 is 17.9. The molecule has 1 N–H and O–H groups in total. The molecule has 1 aromatic heterocycles. The van der Waals surface area contributed by atoms with Gasteiger partial charge in [-0.2, -0.15) is 5.10 Å². The molecule has 5 nitrogen and oxygen atoms in total. The maximum Gasteiger partial charge on any atom is 0.281 e. The quantitative estimate of drug-likeness (QED) is 0.547. The Balaban J connectivity index is 1.64. The summed E-state index contributed by atoms with van der Waals surface area (Å²) in [5.74, 6) is -0.145. The number of rotatable bonds is 4. The first-order valence-corrected chi connectivity index (χ1v) is 11.9. The van der Waals surface area contributed by atoms with Gasteiger partial charge in [0.05, 0.1) is 16.8 Å². The topological polar surface area (TPSA) is 47.9 Å². The summed E-state index contributed by atoms with van der Waals surface area (Å²) in [6, 6.07) is 7.32. The molecule has 9 heteroatoms. The summed E-state index contributed by atoms with van der Waals surface area (Å²) in [5, 5.41) is 9.60.